The van der Waals surface area contributed by atoms with Crippen LogP contribution in [0.25, 0.3) is 23.0 Å². The third-order valence-corrected chi connectivity index (χ3v) is 2.75. The second-order valence-electron chi connectivity index (χ2n) is 4.07. The van der Waals surface area contributed by atoms with Crippen LogP contribution in [-0.2, 0) is 7.05 Å². The molecule has 0 amide bonds. The summed E-state index contributed by atoms with van der Waals surface area (Å²) in [6, 6.07) is 6.90. The summed E-state index contributed by atoms with van der Waals surface area (Å²) >= 11 is 5.94. The molecule has 3 aromatic rings. The van der Waals surface area contributed by atoms with Crippen LogP contribution in [0.5, 0.6) is 0 Å². The molecule has 2 heterocycles. The molecule has 3 rings (SSSR count). The summed E-state index contributed by atoms with van der Waals surface area (Å²) < 4.78 is 6.87. The molecule has 0 saturated carbocycles. The number of nitrogens with zero attached hydrogens (tertiary/aromatic N) is 4. The first-order valence-corrected chi connectivity index (χ1v) is 5.90. The topological polar surface area (TPSA) is 82.8 Å². The highest BCUT2D eigenvalue weighted by Gasteiger charge is 2.13. The summed E-state index contributed by atoms with van der Waals surface area (Å²) in [5.74, 6) is 0.781. The van der Waals surface area contributed by atoms with Crippen LogP contribution in [0.4, 0.5) is 5.69 Å². The molecule has 0 radical (unpaired) electrons. The number of rotatable bonds is 2. The number of anilines is 1. The lowest BCUT2D eigenvalue weighted by Crippen LogP contribution is -1.89. The number of aromatic nitrogens is 4. The normalized spacial score (nSPS) is 10.8. The molecule has 7 heteroatoms. The van der Waals surface area contributed by atoms with Crippen molar-refractivity contribution in [2.24, 2.45) is 7.05 Å². The Labute approximate surface area is 113 Å². The van der Waals surface area contributed by atoms with Crippen molar-refractivity contribution in [3.05, 3.63) is 35.5 Å². The van der Waals surface area contributed by atoms with Crippen molar-refractivity contribution in [1.29, 1.82) is 0 Å². The van der Waals surface area contributed by atoms with Crippen LogP contribution in [0.15, 0.2) is 35.0 Å². The number of halogens is 1. The highest BCUT2D eigenvalue weighted by Crippen LogP contribution is 2.26. The standard InChI is InChI=1S/C12H10ClN5O/c1-18-3-2-10(16-18)11-15-12(19-17-11)7-4-8(13)6-9(14)5-7/h2-6H,14H2,1H3. The quantitative estimate of drug-likeness (QED) is 0.726. The number of nitrogens with two attached hydrogens (primary N) is 1. The predicted octanol–water partition coefficient (Wildman–Crippen LogP) is 2.37. The Hall–Kier alpha value is -2.34. The van der Waals surface area contributed by atoms with Gasteiger partial charge in [-0.25, -0.2) is 0 Å². The maximum atomic E-state index is 5.94. The van der Waals surface area contributed by atoms with Gasteiger partial charge in [0, 0.05) is 29.5 Å². The first kappa shape index (κ1) is 11.7. The molecule has 0 saturated heterocycles. The Morgan fingerprint density at radius 3 is 2.84 bits per heavy atom. The van der Waals surface area contributed by atoms with E-state index in [0.717, 1.165) is 0 Å². The average Bonchev–Trinajstić information content (AvgIpc) is 2.95. The van der Waals surface area contributed by atoms with Crippen LogP contribution in [0.3, 0.4) is 0 Å². The first-order valence-electron chi connectivity index (χ1n) is 5.52. The van der Waals surface area contributed by atoms with Crippen LogP contribution in [0.2, 0.25) is 5.02 Å². The van der Waals surface area contributed by atoms with E-state index in [2.05, 4.69) is 15.2 Å². The Balaban J connectivity index is 2.01. The van der Waals surface area contributed by atoms with E-state index in [1.165, 1.54) is 0 Å². The molecule has 0 bridgehead atoms. The monoisotopic (exact) mass is 275 g/mol. The smallest absolute Gasteiger partial charge is 0.258 e. The molecule has 0 spiro atoms. The first-order chi connectivity index (χ1) is 9.11. The molecule has 0 aliphatic heterocycles. The summed E-state index contributed by atoms with van der Waals surface area (Å²) in [5.41, 5.74) is 7.60. The second kappa shape index (κ2) is 4.40. The van der Waals surface area contributed by atoms with E-state index >= 15 is 0 Å². The third kappa shape index (κ3) is 2.30. The van der Waals surface area contributed by atoms with Gasteiger partial charge in [0.25, 0.3) is 5.89 Å². The maximum absolute atomic E-state index is 5.94. The second-order valence-corrected chi connectivity index (χ2v) is 4.51. The maximum Gasteiger partial charge on any atom is 0.258 e. The summed E-state index contributed by atoms with van der Waals surface area (Å²) in [6.07, 6.45) is 1.81. The van der Waals surface area contributed by atoms with Gasteiger partial charge in [-0.3, -0.25) is 4.68 Å². The highest BCUT2D eigenvalue weighted by molar-refractivity contribution is 6.31. The number of hydrogen-bond donors (Lipinski definition) is 1. The van der Waals surface area contributed by atoms with Crippen molar-refractivity contribution in [2.45, 2.75) is 0 Å². The Bertz CT molecular complexity index is 713. The van der Waals surface area contributed by atoms with Crippen molar-refractivity contribution in [2.75, 3.05) is 5.73 Å². The van der Waals surface area contributed by atoms with E-state index in [9.17, 15) is 0 Å². The van der Waals surface area contributed by atoms with Gasteiger partial charge in [-0.05, 0) is 24.3 Å². The lowest BCUT2D eigenvalue weighted by Gasteiger charge is -1.98. The van der Waals surface area contributed by atoms with Gasteiger partial charge in [-0.1, -0.05) is 16.8 Å². The zero-order chi connectivity index (χ0) is 13.4. The number of hydrogen-bond acceptors (Lipinski definition) is 5. The van der Waals surface area contributed by atoms with E-state index in [1.54, 1.807) is 28.9 Å². The molecule has 0 aliphatic carbocycles. The van der Waals surface area contributed by atoms with Crippen LogP contribution < -0.4 is 5.73 Å². The largest absolute Gasteiger partial charge is 0.399 e. The highest BCUT2D eigenvalue weighted by atomic mass is 35.5. The van der Waals surface area contributed by atoms with Crippen LogP contribution in [-0.4, -0.2) is 19.9 Å². The van der Waals surface area contributed by atoms with Crippen LogP contribution in [0.1, 0.15) is 0 Å². The number of benzene rings is 1. The van der Waals surface area contributed by atoms with Crippen molar-refractivity contribution in [3.63, 3.8) is 0 Å². The summed E-state index contributed by atoms with van der Waals surface area (Å²) in [4.78, 5) is 4.28. The van der Waals surface area contributed by atoms with Gasteiger partial charge < -0.3 is 10.3 Å². The van der Waals surface area contributed by atoms with Gasteiger partial charge >= 0.3 is 0 Å². The van der Waals surface area contributed by atoms with Gasteiger partial charge in [0.15, 0.2) is 0 Å². The van der Waals surface area contributed by atoms with E-state index in [0.29, 0.717) is 33.7 Å². The molecule has 0 unspecified atom stereocenters. The molecule has 6 nitrogen and oxygen atoms in total. The number of nitrogen functional groups attached to an aromatic ring is 1. The SMILES string of the molecule is Cn1ccc(-c2noc(-c3cc(N)cc(Cl)c3)n2)n1. The molecule has 2 N–H and O–H groups in total. The van der Waals surface area contributed by atoms with Gasteiger partial charge in [0.1, 0.15) is 5.69 Å². The molecule has 2 aromatic heterocycles. The van der Waals surface area contributed by atoms with Gasteiger partial charge in [0.2, 0.25) is 5.82 Å². The van der Waals surface area contributed by atoms with Gasteiger partial charge in [0.05, 0.1) is 0 Å². The lowest BCUT2D eigenvalue weighted by molar-refractivity contribution is 0.432. The fourth-order valence-corrected chi connectivity index (χ4v) is 1.96. The third-order valence-electron chi connectivity index (χ3n) is 2.54. The average molecular weight is 276 g/mol. The minimum absolute atomic E-state index is 0.356. The van der Waals surface area contributed by atoms with Gasteiger partial charge in [-0.15, -0.1) is 0 Å². The van der Waals surface area contributed by atoms with E-state index in [1.807, 2.05) is 13.2 Å². The van der Waals surface area contributed by atoms with Crippen molar-refractivity contribution >= 4 is 17.3 Å². The van der Waals surface area contributed by atoms with Crippen LogP contribution in [0, 0.1) is 0 Å². The summed E-state index contributed by atoms with van der Waals surface area (Å²) in [5, 5.41) is 8.61. The molecule has 0 aliphatic rings. The van der Waals surface area contributed by atoms with E-state index in [4.69, 9.17) is 21.9 Å². The predicted molar refractivity (Wildman–Crippen MR) is 71.4 cm³/mol. The zero-order valence-electron chi connectivity index (χ0n) is 10.0. The molecule has 19 heavy (non-hydrogen) atoms. The zero-order valence-corrected chi connectivity index (χ0v) is 10.8. The van der Waals surface area contributed by atoms with Gasteiger partial charge in [-0.2, -0.15) is 10.1 Å². The lowest BCUT2D eigenvalue weighted by atomic mass is 10.2. The Kier molecular flexibility index (Phi) is 2.72. The summed E-state index contributed by atoms with van der Waals surface area (Å²) in [7, 11) is 1.82. The van der Waals surface area contributed by atoms with Crippen LogP contribution >= 0.6 is 11.6 Å². The molecular formula is C12H10ClN5O. The fourth-order valence-electron chi connectivity index (χ4n) is 1.71. The minimum Gasteiger partial charge on any atom is -0.399 e. The molecular weight excluding hydrogens is 266 g/mol. The molecule has 96 valence electrons. The van der Waals surface area contributed by atoms with E-state index in [-0.39, 0.29) is 0 Å². The summed E-state index contributed by atoms with van der Waals surface area (Å²) in [6.45, 7) is 0. The molecule has 0 atom stereocenters. The Morgan fingerprint density at radius 2 is 2.16 bits per heavy atom. The van der Waals surface area contributed by atoms with Crippen molar-refractivity contribution in [1.82, 2.24) is 19.9 Å². The fraction of sp³-hybridized carbons (Fsp3) is 0.0833. The van der Waals surface area contributed by atoms with E-state index < -0.39 is 0 Å². The van der Waals surface area contributed by atoms with Crippen molar-refractivity contribution in [3.8, 4) is 23.0 Å². The molecule has 1 aromatic carbocycles. The minimum atomic E-state index is 0.356. The number of aryl methyl sites for hydroxylation is 1. The van der Waals surface area contributed by atoms with Crippen molar-refractivity contribution < 1.29 is 4.52 Å². The Morgan fingerprint density at radius 1 is 1.32 bits per heavy atom. The molecule has 0 fully saturated rings.